The molecular weight excluding hydrogens is 528 g/mol. The molecule has 2 heterocycles. The number of carbonyl (C=O) groups is 3. The number of benzene rings is 1. The standard InChI is InChI=1S/C31H40N2O8/c1-39-25-12-18(16-35)11-22-27-23(31(38)32-6-7-34)14-24(28(37)30(27)41-29(22)25)33(15-21-3-2-8-40-21)26(36)13-20-10-17-4-5-19(20)9-17/h11-12,14,16-17,19-21,24,27-28,30,34,37H,2-10,13,15H2,1H3,(H,32,38)/t17?,19?,20?,21-,24+,27-,28-,30-/m0/s1. The molecule has 5 aliphatic rings. The van der Waals surface area contributed by atoms with Crippen molar-refractivity contribution >= 4 is 18.1 Å². The number of nitrogens with one attached hydrogen (secondary N) is 1. The van der Waals surface area contributed by atoms with Crippen molar-refractivity contribution in [1.82, 2.24) is 10.2 Å². The Hall–Kier alpha value is -2.95. The van der Waals surface area contributed by atoms with E-state index >= 15 is 0 Å². The first-order valence-corrected chi connectivity index (χ1v) is 15.0. The second kappa shape index (κ2) is 11.7. The summed E-state index contributed by atoms with van der Waals surface area (Å²) in [6.45, 7) is 0.781. The van der Waals surface area contributed by atoms with Gasteiger partial charge in [-0.3, -0.25) is 14.4 Å². The highest BCUT2D eigenvalue weighted by Crippen LogP contribution is 2.52. The van der Waals surface area contributed by atoms with Crippen LogP contribution >= 0.6 is 0 Å². The topological polar surface area (TPSA) is 135 Å². The summed E-state index contributed by atoms with van der Waals surface area (Å²) in [6, 6.07) is 2.40. The van der Waals surface area contributed by atoms with Crippen molar-refractivity contribution in [3.05, 3.63) is 34.9 Å². The van der Waals surface area contributed by atoms with Gasteiger partial charge in [0.25, 0.3) is 0 Å². The molecule has 2 bridgehead atoms. The zero-order chi connectivity index (χ0) is 28.7. The molecule has 1 aromatic carbocycles. The molecule has 6 rings (SSSR count). The molecular formula is C31H40N2O8. The number of aliphatic hydroxyl groups excluding tert-OH is 2. The van der Waals surface area contributed by atoms with Gasteiger partial charge in [-0.2, -0.15) is 0 Å². The van der Waals surface area contributed by atoms with E-state index in [2.05, 4.69) is 5.32 Å². The van der Waals surface area contributed by atoms with Crippen LogP contribution in [-0.2, 0) is 14.3 Å². The summed E-state index contributed by atoms with van der Waals surface area (Å²) in [5.74, 6) is 1.19. The van der Waals surface area contributed by atoms with Crippen molar-refractivity contribution in [3.63, 3.8) is 0 Å². The first kappa shape index (κ1) is 28.2. The lowest BCUT2D eigenvalue weighted by Crippen LogP contribution is -2.57. The lowest BCUT2D eigenvalue weighted by atomic mass is 9.77. The minimum Gasteiger partial charge on any atom is -0.493 e. The Morgan fingerprint density at radius 1 is 1.22 bits per heavy atom. The maximum Gasteiger partial charge on any atom is 0.247 e. The molecule has 3 aliphatic carbocycles. The zero-order valence-electron chi connectivity index (χ0n) is 23.5. The molecule has 2 aliphatic heterocycles. The van der Waals surface area contributed by atoms with E-state index in [1.54, 1.807) is 23.1 Å². The molecule has 0 radical (unpaired) electrons. The Kier molecular flexibility index (Phi) is 8.07. The monoisotopic (exact) mass is 568 g/mol. The third-order valence-corrected chi connectivity index (χ3v) is 9.84. The van der Waals surface area contributed by atoms with E-state index < -0.39 is 30.1 Å². The normalized spacial score (nSPS) is 33.0. The minimum atomic E-state index is -1.14. The predicted octanol–water partition coefficient (Wildman–Crippen LogP) is 1.96. The van der Waals surface area contributed by atoms with Crippen LogP contribution in [0.4, 0.5) is 0 Å². The van der Waals surface area contributed by atoms with Crippen LogP contribution in [0.5, 0.6) is 11.5 Å². The van der Waals surface area contributed by atoms with Gasteiger partial charge in [0.15, 0.2) is 11.5 Å². The second-order valence-corrected chi connectivity index (χ2v) is 12.2. The van der Waals surface area contributed by atoms with Gasteiger partial charge in [0.1, 0.15) is 18.5 Å². The third kappa shape index (κ3) is 5.26. The SMILES string of the molecule is COc1cc(C=O)cc2c1O[C@@H]1[C@@H](O)[C@H](N(C[C@@H]3CCCO3)C(=O)CC3CC4CCC3C4)C=C(C(=O)NCCO)[C@H]21. The van der Waals surface area contributed by atoms with E-state index in [0.29, 0.717) is 71.8 Å². The quantitative estimate of drug-likeness (QED) is 0.365. The van der Waals surface area contributed by atoms with Gasteiger partial charge in [0, 0.05) is 42.8 Å². The van der Waals surface area contributed by atoms with E-state index in [-0.39, 0.29) is 25.2 Å². The van der Waals surface area contributed by atoms with Crippen LogP contribution in [0, 0.1) is 17.8 Å². The summed E-state index contributed by atoms with van der Waals surface area (Å²) in [6.07, 6.45) is 7.09. The minimum absolute atomic E-state index is 0.0387. The fraction of sp³-hybridized carbons (Fsp3) is 0.645. The number of amides is 2. The van der Waals surface area contributed by atoms with Gasteiger partial charge >= 0.3 is 0 Å². The van der Waals surface area contributed by atoms with Gasteiger partial charge in [-0.1, -0.05) is 6.42 Å². The summed E-state index contributed by atoms with van der Waals surface area (Å²) < 4.78 is 17.7. The molecule has 10 heteroatoms. The lowest BCUT2D eigenvalue weighted by molar-refractivity contribution is -0.140. The second-order valence-electron chi connectivity index (χ2n) is 12.2. The van der Waals surface area contributed by atoms with Crippen LogP contribution in [0.15, 0.2) is 23.8 Å². The fourth-order valence-electron chi connectivity index (χ4n) is 7.92. The molecule has 1 saturated heterocycles. The summed E-state index contributed by atoms with van der Waals surface area (Å²) >= 11 is 0. The van der Waals surface area contributed by atoms with E-state index in [4.69, 9.17) is 14.2 Å². The molecule has 2 amide bonds. The van der Waals surface area contributed by atoms with Crippen molar-refractivity contribution in [2.45, 2.75) is 75.2 Å². The van der Waals surface area contributed by atoms with E-state index in [1.165, 1.54) is 26.4 Å². The highest BCUT2D eigenvalue weighted by molar-refractivity contribution is 5.96. The molecule has 0 aromatic heterocycles. The maximum absolute atomic E-state index is 14.0. The molecule has 1 aromatic rings. The number of fused-ring (bicyclic) bond motifs is 5. The molecule has 3 unspecified atom stereocenters. The molecule has 41 heavy (non-hydrogen) atoms. The molecule has 8 atom stereocenters. The first-order chi connectivity index (χ1) is 19.9. The van der Waals surface area contributed by atoms with E-state index in [9.17, 15) is 24.6 Å². The smallest absolute Gasteiger partial charge is 0.247 e. The van der Waals surface area contributed by atoms with Crippen LogP contribution in [0.3, 0.4) is 0 Å². The number of carbonyl (C=O) groups excluding carboxylic acids is 3. The van der Waals surface area contributed by atoms with Crippen molar-refractivity contribution in [3.8, 4) is 11.5 Å². The number of methoxy groups -OCH3 is 1. The Morgan fingerprint density at radius 3 is 2.73 bits per heavy atom. The van der Waals surface area contributed by atoms with Crippen molar-refractivity contribution in [2.24, 2.45) is 17.8 Å². The van der Waals surface area contributed by atoms with E-state index in [1.807, 2.05) is 0 Å². The van der Waals surface area contributed by atoms with Gasteiger partial charge in [0.05, 0.1) is 31.8 Å². The molecule has 222 valence electrons. The highest BCUT2D eigenvalue weighted by atomic mass is 16.5. The Balaban J connectivity index is 1.37. The molecule has 3 N–H and O–H groups in total. The van der Waals surface area contributed by atoms with Crippen molar-refractivity contribution in [1.29, 1.82) is 0 Å². The molecule has 3 fully saturated rings. The number of aliphatic hydroxyl groups is 2. The van der Waals surface area contributed by atoms with Crippen molar-refractivity contribution in [2.75, 3.05) is 33.4 Å². The zero-order valence-corrected chi connectivity index (χ0v) is 23.5. The third-order valence-electron chi connectivity index (χ3n) is 9.84. The number of rotatable bonds is 10. The maximum atomic E-state index is 14.0. The van der Waals surface area contributed by atoms with Crippen LogP contribution in [-0.4, -0.2) is 91.0 Å². The summed E-state index contributed by atoms with van der Waals surface area (Å²) in [7, 11) is 1.47. The fourth-order valence-corrected chi connectivity index (χ4v) is 7.92. The average Bonchev–Trinajstić information content (AvgIpc) is 3.79. The van der Waals surface area contributed by atoms with Crippen LogP contribution in [0.2, 0.25) is 0 Å². The van der Waals surface area contributed by atoms with Crippen molar-refractivity contribution < 1.29 is 38.8 Å². The average molecular weight is 569 g/mol. The summed E-state index contributed by atoms with van der Waals surface area (Å²) in [4.78, 5) is 41.0. The van der Waals surface area contributed by atoms with Crippen LogP contribution in [0.1, 0.15) is 66.8 Å². The van der Waals surface area contributed by atoms with Gasteiger partial charge < -0.3 is 34.6 Å². The summed E-state index contributed by atoms with van der Waals surface area (Å²) in [5.41, 5.74) is 1.25. The number of hydrogen-bond acceptors (Lipinski definition) is 8. The Labute approximate surface area is 240 Å². The van der Waals surface area contributed by atoms with Gasteiger partial charge in [-0.25, -0.2) is 0 Å². The summed E-state index contributed by atoms with van der Waals surface area (Å²) in [5, 5.41) is 24.0. The molecule has 0 spiro atoms. The number of nitrogens with zero attached hydrogens (tertiary/aromatic N) is 1. The highest BCUT2D eigenvalue weighted by Gasteiger charge is 2.52. The van der Waals surface area contributed by atoms with Gasteiger partial charge in [-0.15, -0.1) is 0 Å². The van der Waals surface area contributed by atoms with Gasteiger partial charge in [-0.05, 0) is 68.1 Å². The van der Waals surface area contributed by atoms with Crippen LogP contribution in [0.25, 0.3) is 0 Å². The number of hydrogen-bond donors (Lipinski definition) is 3. The van der Waals surface area contributed by atoms with Crippen LogP contribution < -0.4 is 14.8 Å². The molecule has 2 saturated carbocycles. The molecule has 10 nitrogen and oxygen atoms in total. The predicted molar refractivity (Wildman–Crippen MR) is 148 cm³/mol. The number of aldehydes is 1. The lowest BCUT2D eigenvalue weighted by Gasteiger charge is -2.42. The number of ether oxygens (including phenoxy) is 3. The van der Waals surface area contributed by atoms with E-state index in [0.717, 1.165) is 19.3 Å². The Morgan fingerprint density at radius 2 is 2.07 bits per heavy atom. The Bertz CT molecular complexity index is 1210. The van der Waals surface area contributed by atoms with Gasteiger partial charge in [0.2, 0.25) is 11.8 Å². The first-order valence-electron chi connectivity index (χ1n) is 15.0. The largest absolute Gasteiger partial charge is 0.493 e.